The first-order valence-corrected chi connectivity index (χ1v) is 6.92. The van der Waals surface area contributed by atoms with Gasteiger partial charge in [0, 0.05) is 7.05 Å². The second-order valence-corrected chi connectivity index (χ2v) is 5.78. The number of aromatic nitrogens is 2. The predicted octanol–water partition coefficient (Wildman–Crippen LogP) is 1.60. The highest BCUT2D eigenvalue weighted by molar-refractivity contribution is 7.92. The Kier molecular flexibility index (Phi) is 3.38. The molecule has 2 rings (SSSR count). The highest BCUT2D eigenvalue weighted by atomic mass is 35.5. The molecule has 0 saturated carbocycles. The van der Waals surface area contributed by atoms with Crippen molar-refractivity contribution in [1.29, 1.82) is 0 Å². The van der Waals surface area contributed by atoms with Crippen LogP contribution in [0.1, 0.15) is 0 Å². The van der Waals surface area contributed by atoms with Gasteiger partial charge in [-0.15, -0.1) is 0 Å². The Morgan fingerprint density at radius 2 is 2.16 bits per heavy atom. The van der Waals surface area contributed by atoms with Crippen LogP contribution in [-0.4, -0.2) is 18.0 Å². The van der Waals surface area contributed by atoms with Crippen molar-refractivity contribution in [1.82, 2.24) is 9.55 Å². The second-order valence-electron chi connectivity index (χ2n) is 3.78. The first-order valence-electron chi connectivity index (χ1n) is 5.06. The highest BCUT2D eigenvalue weighted by Gasteiger charge is 2.23. The van der Waals surface area contributed by atoms with E-state index in [1.807, 2.05) is 0 Å². The minimum atomic E-state index is -4.00. The summed E-state index contributed by atoms with van der Waals surface area (Å²) in [6.07, 6.45) is 1.26. The van der Waals surface area contributed by atoms with E-state index in [-0.39, 0.29) is 21.6 Å². The molecule has 1 aromatic carbocycles. The number of nitrogens with two attached hydrogens (primary N) is 1. The minimum absolute atomic E-state index is 0.0673. The monoisotopic (exact) mass is 304 g/mol. The first-order chi connectivity index (χ1) is 8.81. The van der Waals surface area contributed by atoms with Gasteiger partial charge in [-0.1, -0.05) is 11.6 Å². The quantitative estimate of drug-likeness (QED) is 0.901. The molecular formula is C10H10ClFN4O2S. The van der Waals surface area contributed by atoms with E-state index in [0.29, 0.717) is 0 Å². The molecular weight excluding hydrogens is 295 g/mol. The zero-order valence-electron chi connectivity index (χ0n) is 9.76. The lowest BCUT2D eigenvalue weighted by Gasteiger charge is -2.10. The largest absolute Gasteiger partial charge is 0.381 e. The normalized spacial score (nSPS) is 11.5. The molecule has 0 aliphatic heterocycles. The maximum absolute atomic E-state index is 13.1. The molecule has 6 nitrogen and oxygen atoms in total. The fourth-order valence-corrected chi connectivity index (χ4v) is 3.06. The first kappa shape index (κ1) is 13.6. The summed E-state index contributed by atoms with van der Waals surface area (Å²) in [4.78, 5) is 3.68. The number of nitrogen functional groups attached to an aromatic ring is 1. The molecule has 2 aromatic rings. The molecule has 0 amide bonds. The fraction of sp³-hybridized carbons (Fsp3) is 0.100. The summed E-state index contributed by atoms with van der Waals surface area (Å²) in [6, 6.07) is 3.35. The molecule has 1 heterocycles. The van der Waals surface area contributed by atoms with Gasteiger partial charge in [0.25, 0.3) is 10.0 Å². The molecule has 1 aromatic heterocycles. The van der Waals surface area contributed by atoms with Crippen LogP contribution in [-0.2, 0) is 17.1 Å². The Balaban J connectivity index is 2.45. The van der Waals surface area contributed by atoms with Crippen molar-refractivity contribution in [3.05, 3.63) is 35.4 Å². The van der Waals surface area contributed by atoms with Gasteiger partial charge in [-0.25, -0.2) is 9.37 Å². The number of anilines is 2. The van der Waals surface area contributed by atoms with Gasteiger partial charge in [-0.05, 0) is 18.2 Å². The maximum atomic E-state index is 13.1. The van der Waals surface area contributed by atoms with Crippen molar-refractivity contribution in [2.75, 3.05) is 10.5 Å². The third-order valence-corrected chi connectivity index (χ3v) is 4.16. The van der Waals surface area contributed by atoms with Crippen molar-refractivity contribution >= 4 is 33.1 Å². The van der Waals surface area contributed by atoms with E-state index in [1.165, 1.54) is 24.0 Å². The lowest BCUT2D eigenvalue weighted by Crippen LogP contribution is -2.18. The number of hydrogen-bond donors (Lipinski definition) is 2. The summed E-state index contributed by atoms with van der Waals surface area (Å²) in [7, 11) is -2.52. The summed E-state index contributed by atoms with van der Waals surface area (Å²) >= 11 is 5.80. The Bertz CT molecular complexity index is 710. The fourth-order valence-electron chi connectivity index (χ4n) is 1.53. The summed E-state index contributed by atoms with van der Waals surface area (Å²) in [5.41, 5.74) is 5.42. The smallest absolute Gasteiger partial charge is 0.281 e. The van der Waals surface area contributed by atoms with Crippen LogP contribution < -0.4 is 10.5 Å². The molecule has 0 aliphatic carbocycles. The van der Waals surface area contributed by atoms with Crippen LogP contribution in [0.3, 0.4) is 0 Å². The molecule has 0 spiro atoms. The third kappa shape index (κ3) is 2.64. The van der Waals surface area contributed by atoms with E-state index in [0.717, 1.165) is 12.1 Å². The maximum Gasteiger partial charge on any atom is 0.281 e. The lowest BCUT2D eigenvalue weighted by atomic mass is 10.3. The van der Waals surface area contributed by atoms with Crippen LogP contribution in [0, 0.1) is 5.82 Å². The average Bonchev–Trinajstić information content (AvgIpc) is 2.64. The number of aryl methyl sites for hydroxylation is 1. The molecule has 0 aliphatic rings. The number of nitrogens with zero attached hydrogens (tertiary/aromatic N) is 2. The summed E-state index contributed by atoms with van der Waals surface area (Å²) in [6.45, 7) is 0. The number of imidazole rings is 1. The molecule has 0 radical (unpaired) electrons. The van der Waals surface area contributed by atoms with Gasteiger partial charge in [0.2, 0.25) is 0 Å². The Morgan fingerprint density at radius 1 is 1.47 bits per heavy atom. The van der Waals surface area contributed by atoms with E-state index in [2.05, 4.69) is 9.71 Å². The SMILES string of the molecule is Cn1cnc(N)c1S(=O)(=O)Nc1cc(F)ccc1Cl. The van der Waals surface area contributed by atoms with Crippen LogP contribution in [0.25, 0.3) is 0 Å². The number of nitrogens with one attached hydrogen (secondary N) is 1. The number of halogens is 2. The molecule has 0 bridgehead atoms. The zero-order chi connectivity index (χ0) is 14.2. The van der Waals surface area contributed by atoms with E-state index in [1.54, 1.807) is 0 Å². The molecule has 9 heteroatoms. The Labute approximate surface area is 114 Å². The van der Waals surface area contributed by atoms with Crippen molar-refractivity contribution in [2.45, 2.75) is 5.03 Å². The Morgan fingerprint density at radius 3 is 2.74 bits per heavy atom. The van der Waals surface area contributed by atoms with Gasteiger partial charge >= 0.3 is 0 Å². The topological polar surface area (TPSA) is 90.0 Å². The second kappa shape index (κ2) is 4.71. The van der Waals surface area contributed by atoms with E-state index in [9.17, 15) is 12.8 Å². The van der Waals surface area contributed by atoms with Crippen LogP contribution in [0.15, 0.2) is 29.6 Å². The summed E-state index contributed by atoms with van der Waals surface area (Å²) in [5, 5.41) is -0.140. The summed E-state index contributed by atoms with van der Waals surface area (Å²) < 4.78 is 40.8. The van der Waals surface area contributed by atoms with Crippen LogP contribution in [0.5, 0.6) is 0 Å². The van der Waals surface area contributed by atoms with Gasteiger partial charge in [-0.2, -0.15) is 8.42 Å². The minimum Gasteiger partial charge on any atom is -0.381 e. The molecule has 102 valence electrons. The summed E-state index contributed by atoms with van der Waals surface area (Å²) in [5.74, 6) is -0.761. The van der Waals surface area contributed by atoms with Crippen molar-refractivity contribution in [3.8, 4) is 0 Å². The molecule has 0 atom stereocenters. The number of rotatable bonds is 3. The molecule has 19 heavy (non-hydrogen) atoms. The number of benzene rings is 1. The third-order valence-electron chi connectivity index (χ3n) is 2.34. The van der Waals surface area contributed by atoms with Crippen LogP contribution in [0.2, 0.25) is 5.02 Å². The van der Waals surface area contributed by atoms with Crippen molar-refractivity contribution in [2.24, 2.45) is 7.05 Å². The van der Waals surface area contributed by atoms with Gasteiger partial charge in [-0.3, -0.25) is 4.72 Å². The van der Waals surface area contributed by atoms with Gasteiger partial charge < -0.3 is 10.3 Å². The lowest BCUT2D eigenvalue weighted by molar-refractivity contribution is 0.591. The van der Waals surface area contributed by atoms with E-state index >= 15 is 0 Å². The molecule has 0 fully saturated rings. The van der Waals surface area contributed by atoms with E-state index in [4.69, 9.17) is 17.3 Å². The van der Waals surface area contributed by atoms with Crippen molar-refractivity contribution < 1.29 is 12.8 Å². The molecule has 0 saturated heterocycles. The van der Waals surface area contributed by atoms with Crippen molar-refractivity contribution in [3.63, 3.8) is 0 Å². The number of sulfonamides is 1. The van der Waals surface area contributed by atoms with Gasteiger partial charge in [0.1, 0.15) is 5.82 Å². The Hall–Kier alpha value is -1.80. The number of hydrogen-bond acceptors (Lipinski definition) is 4. The van der Waals surface area contributed by atoms with E-state index < -0.39 is 15.8 Å². The highest BCUT2D eigenvalue weighted by Crippen LogP contribution is 2.26. The van der Waals surface area contributed by atoms with Crippen LogP contribution in [0.4, 0.5) is 15.9 Å². The van der Waals surface area contributed by atoms with Gasteiger partial charge in [0.15, 0.2) is 10.8 Å². The molecule has 3 N–H and O–H groups in total. The van der Waals surface area contributed by atoms with Gasteiger partial charge in [0.05, 0.1) is 17.0 Å². The standard InChI is InChI=1S/C10H10ClFN4O2S/c1-16-5-14-9(13)10(16)19(17,18)15-8-4-6(12)2-3-7(8)11/h2-5,15H,13H2,1H3. The zero-order valence-corrected chi connectivity index (χ0v) is 11.3. The average molecular weight is 305 g/mol. The predicted molar refractivity (Wildman–Crippen MR) is 69.8 cm³/mol. The molecule has 0 unspecified atom stereocenters. The van der Waals surface area contributed by atoms with Crippen LogP contribution >= 0.6 is 11.6 Å².